The van der Waals surface area contributed by atoms with E-state index in [1.807, 2.05) is 17.9 Å². The summed E-state index contributed by atoms with van der Waals surface area (Å²) in [6.07, 6.45) is 5.90. The zero-order chi connectivity index (χ0) is 16.0. The lowest BCUT2D eigenvalue weighted by molar-refractivity contribution is -0.136. The average Bonchev–Trinajstić information content (AvgIpc) is 3.33. The van der Waals surface area contributed by atoms with Crippen LogP contribution in [0.3, 0.4) is 0 Å². The quantitative estimate of drug-likeness (QED) is 0.942. The monoisotopic (exact) mass is 314 g/mol. The summed E-state index contributed by atoms with van der Waals surface area (Å²) in [6, 6.07) is 3.55. The van der Waals surface area contributed by atoms with Crippen molar-refractivity contribution in [3.63, 3.8) is 0 Å². The summed E-state index contributed by atoms with van der Waals surface area (Å²) in [6.45, 7) is 2.81. The number of aryl methyl sites for hydroxylation is 1. The number of nitrogens with zero attached hydrogens (tertiary/aromatic N) is 3. The number of nitrogens with one attached hydrogen (secondary N) is 1. The lowest BCUT2D eigenvalue weighted by Gasteiger charge is -2.35. The zero-order valence-electron chi connectivity index (χ0n) is 13.4. The summed E-state index contributed by atoms with van der Waals surface area (Å²) in [5, 5.41) is 3.18. The molecular formula is C17H22N4O2. The van der Waals surface area contributed by atoms with Crippen LogP contribution < -0.4 is 5.56 Å². The van der Waals surface area contributed by atoms with Crippen LogP contribution in [0.4, 0.5) is 0 Å². The first-order valence-electron chi connectivity index (χ1n) is 8.59. The smallest absolute Gasteiger partial charge is 0.272 e. The van der Waals surface area contributed by atoms with Gasteiger partial charge in [-0.3, -0.25) is 14.7 Å². The number of likely N-dealkylation sites (tertiary alicyclic amines) is 1. The fourth-order valence-electron chi connectivity index (χ4n) is 3.49. The van der Waals surface area contributed by atoms with E-state index >= 15 is 0 Å². The number of carbonyl (C=O) groups excluding carboxylic acids is 1. The highest BCUT2D eigenvalue weighted by atomic mass is 16.2. The average molecular weight is 314 g/mol. The van der Waals surface area contributed by atoms with E-state index in [4.69, 9.17) is 0 Å². The number of rotatable bonds is 3. The van der Waals surface area contributed by atoms with Crippen molar-refractivity contribution in [1.82, 2.24) is 19.5 Å². The first-order valence-corrected chi connectivity index (χ1v) is 8.59. The molecule has 122 valence electrons. The molecule has 1 saturated heterocycles. The van der Waals surface area contributed by atoms with E-state index in [9.17, 15) is 9.59 Å². The van der Waals surface area contributed by atoms with Crippen LogP contribution in [0.1, 0.15) is 56.5 Å². The summed E-state index contributed by atoms with van der Waals surface area (Å²) < 4.78 is 1.49. The molecule has 0 radical (unpaired) electrons. The van der Waals surface area contributed by atoms with E-state index in [1.165, 1.54) is 4.52 Å². The van der Waals surface area contributed by atoms with Crippen molar-refractivity contribution in [1.29, 1.82) is 0 Å². The highest BCUT2D eigenvalue weighted by Crippen LogP contribution is 2.37. The van der Waals surface area contributed by atoms with Crippen LogP contribution in [0.15, 0.2) is 16.9 Å². The molecule has 1 aliphatic heterocycles. The number of hydrogen-bond donors (Lipinski definition) is 1. The molecule has 2 aromatic heterocycles. The van der Waals surface area contributed by atoms with Crippen LogP contribution in [0.25, 0.3) is 5.65 Å². The summed E-state index contributed by atoms with van der Waals surface area (Å²) in [5.41, 5.74) is 2.29. The van der Waals surface area contributed by atoms with Gasteiger partial charge in [-0.25, -0.2) is 9.50 Å². The number of fused-ring (bicyclic) bond motifs is 1. The Morgan fingerprint density at radius 3 is 2.87 bits per heavy atom. The van der Waals surface area contributed by atoms with Gasteiger partial charge in [0.1, 0.15) is 0 Å². The largest absolute Gasteiger partial charge is 0.334 e. The van der Waals surface area contributed by atoms with Crippen LogP contribution in [0.2, 0.25) is 0 Å². The van der Waals surface area contributed by atoms with Crippen LogP contribution in [0.5, 0.6) is 0 Å². The second kappa shape index (κ2) is 5.51. The third-order valence-electron chi connectivity index (χ3n) is 4.96. The third-order valence-corrected chi connectivity index (χ3v) is 4.96. The maximum absolute atomic E-state index is 12.6. The topological polar surface area (TPSA) is 70.5 Å². The maximum atomic E-state index is 12.6. The molecule has 2 fully saturated rings. The number of aromatic nitrogens is 3. The van der Waals surface area contributed by atoms with Gasteiger partial charge in [-0.1, -0.05) is 6.92 Å². The van der Waals surface area contributed by atoms with Gasteiger partial charge in [-0.05, 0) is 38.5 Å². The number of aromatic amines is 1. The van der Waals surface area contributed by atoms with Gasteiger partial charge in [0.2, 0.25) is 5.91 Å². The van der Waals surface area contributed by atoms with E-state index in [0.29, 0.717) is 5.65 Å². The van der Waals surface area contributed by atoms with E-state index in [1.54, 1.807) is 6.07 Å². The molecular weight excluding hydrogens is 292 g/mol. The number of H-pyrrole nitrogens is 1. The van der Waals surface area contributed by atoms with Gasteiger partial charge in [0.15, 0.2) is 5.65 Å². The van der Waals surface area contributed by atoms with Crippen molar-refractivity contribution in [3.05, 3.63) is 33.9 Å². The molecule has 23 heavy (non-hydrogen) atoms. The molecule has 1 saturated carbocycles. The minimum atomic E-state index is -0.0889. The second-order valence-corrected chi connectivity index (χ2v) is 6.66. The van der Waals surface area contributed by atoms with Crippen molar-refractivity contribution in [2.45, 2.75) is 51.5 Å². The van der Waals surface area contributed by atoms with Crippen molar-refractivity contribution < 1.29 is 4.79 Å². The van der Waals surface area contributed by atoms with Gasteiger partial charge in [0, 0.05) is 30.3 Å². The molecule has 1 aliphatic carbocycles. The van der Waals surface area contributed by atoms with Gasteiger partial charge in [0.25, 0.3) is 5.56 Å². The van der Waals surface area contributed by atoms with Crippen LogP contribution >= 0.6 is 0 Å². The van der Waals surface area contributed by atoms with E-state index in [0.717, 1.165) is 56.5 Å². The summed E-state index contributed by atoms with van der Waals surface area (Å²) in [4.78, 5) is 31.3. The van der Waals surface area contributed by atoms with Gasteiger partial charge >= 0.3 is 0 Å². The summed E-state index contributed by atoms with van der Waals surface area (Å²) in [5.74, 6) is 0.510. The molecule has 1 atom stereocenters. The Morgan fingerprint density at radius 2 is 2.13 bits per heavy atom. The molecule has 2 aromatic rings. The number of piperidine rings is 1. The lowest BCUT2D eigenvalue weighted by atomic mass is 9.99. The second-order valence-electron chi connectivity index (χ2n) is 6.66. The van der Waals surface area contributed by atoms with Crippen molar-refractivity contribution in [3.8, 4) is 0 Å². The molecule has 0 bridgehead atoms. The fraction of sp³-hybridized carbons (Fsp3) is 0.588. The van der Waals surface area contributed by atoms with Gasteiger partial charge < -0.3 is 4.90 Å². The lowest BCUT2D eigenvalue weighted by Crippen LogP contribution is -2.39. The van der Waals surface area contributed by atoms with E-state index in [-0.39, 0.29) is 23.4 Å². The first kappa shape index (κ1) is 14.5. The van der Waals surface area contributed by atoms with Gasteiger partial charge in [-0.2, -0.15) is 0 Å². The molecule has 0 spiro atoms. The molecule has 6 heteroatoms. The zero-order valence-corrected chi connectivity index (χ0v) is 13.4. The maximum Gasteiger partial charge on any atom is 0.272 e. The molecule has 3 heterocycles. The summed E-state index contributed by atoms with van der Waals surface area (Å²) in [7, 11) is 0. The Hall–Kier alpha value is -2.11. The Morgan fingerprint density at radius 1 is 1.30 bits per heavy atom. The summed E-state index contributed by atoms with van der Waals surface area (Å²) >= 11 is 0. The number of amides is 1. The van der Waals surface area contributed by atoms with Crippen LogP contribution in [-0.4, -0.2) is 31.9 Å². The number of hydrogen-bond acceptors (Lipinski definition) is 3. The predicted octanol–water partition coefficient (Wildman–Crippen LogP) is 2.05. The minimum Gasteiger partial charge on any atom is -0.334 e. The Kier molecular flexibility index (Phi) is 3.47. The van der Waals surface area contributed by atoms with Crippen LogP contribution in [-0.2, 0) is 11.2 Å². The first-order chi connectivity index (χ1) is 11.2. The molecule has 2 aliphatic rings. The Balaban J connectivity index is 1.72. The van der Waals surface area contributed by atoms with Crippen molar-refractivity contribution in [2.75, 3.05) is 6.54 Å². The highest BCUT2D eigenvalue weighted by Gasteiger charge is 2.38. The van der Waals surface area contributed by atoms with Crippen LogP contribution in [0, 0.1) is 5.92 Å². The van der Waals surface area contributed by atoms with E-state index < -0.39 is 0 Å². The SMILES string of the molecule is CCc1cc(=O)n2[nH]c(C3CCCCN3C(=O)C3CC3)cc2n1. The molecule has 1 N–H and O–H groups in total. The molecule has 4 rings (SSSR count). The fourth-order valence-corrected chi connectivity index (χ4v) is 3.49. The molecule has 6 nitrogen and oxygen atoms in total. The third kappa shape index (κ3) is 2.56. The highest BCUT2D eigenvalue weighted by molar-refractivity contribution is 5.81. The molecule has 0 aromatic carbocycles. The van der Waals surface area contributed by atoms with Gasteiger partial charge in [0.05, 0.1) is 11.7 Å². The molecule has 1 unspecified atom stereocenters. The normalized spacial score (nSPS) is 21.8. The predicted molar refractivity (Wildman–Crippen MR) is 86.2 cm³/mol. The Labute approximate surface area is 134 Å². The minimum absolute atomic E-state index is 0.0445. The van der Waals surface area contributed by atoms with E-state index in [2.05, 4.69) is 10.1 Å². The molecule has 1 amide bonds. The number of carbonyl (C=O) groups is 1. The standard InChI is InChI=1S/C17H22N4O2/c1-2-12-9-16(22)21-15(18-12)10-13(19-21)14-5-3-4-8-20(14)17(23)11-6-7-11/h9-11,14,19H,2-8H2,1H3. The van der Waals surface area contributed by atoms with Gasteiger partial charge in [-0.15, -0.1) is 0 Å². The van der Waals surface area contributed by atoms with Crippen molar-refractivity contribution in [2.24, 2.45) is 5.92 Å². The van der Waals surface area contributed by atoms with Crippen molar-refractivity contribution >= 4 is 11.6 Å². The Bertz CT molecular complexity index is 803.